The highest BCUT2D eigenvalue weighted by molar-refractivity contribution is 7.99. The predicted molar refractivity (Wildman–Crippen MR) is 79.9 cm³/mol. The normalized spacial score (nSPS) is 25.4. The molecule has 1 saturated heterocycles. The number of nitrogens with one attached hydrogen (secondary N) is 1. The van der Waals surface area contributed by atoms with Gasteiger partial charge in [-0.1, -0.05) is 27.7 Å². The average molecular weight is 258 g/mol. The molecule has 1 aliphatic heterocycles. The highest BCUT2D eigenvalue weighted by atomic mass is 32.2. The molecule has 1 heterocycles. The van der Waals surface area contributed by atoms with E-state index in [1.54, 1.807) is 0 Å². The lowest BCUT2D eigenvalue weighted by Gasteiger charge is -2.39. The molecule has 2 atom stereocenters. The molecule has 3 heteroatoms. The lowest BCUT2D eigenvalue weighted by molar-refractivity contribution is 0.121. The molecule has 0 saturated carbocycles. The van der Waals surface area contributed by atoms with Crippen molar-refractivity contribution in [3.8, 4) is 0 Å². The van der Waals surface area contributed by atoms with E-state index in [-0.39, 0.29) is 0 Å². The van der Waals surface area contributed by atoms with E-state index in [0.29, 0.717) is 0 Å². The lowest BCUT2D eigenvalue weighted by atomic mass is 10.0. The van der Waals surface area contributed by atoms with Gasteiger partial charge in [-0.05, 0) is 25.0 Å². The van der Waals surface area contributed by atoms with Crippen LogP contribution in [0.25, 0.3) is 0 Å². The van der Waals surface area contributed by atoms with E-state index in [4.69, 9.17) is 0 Å². The molecule has 2 nitrogen and oxygen atoms in total. The summed E-state index contributed by atoms with van der Waals surface area (Å²) in [4.78, 5) is 2.78. The van der Waals surface area contributed by atoms with Crippen LogP contribution in [0.1, 0.15) is 40.5 Å². The van der Waals surface area contributed by atoms with Crippen molar-refractivity contribution in [1.29, 1.82) is 0 Å². The second-order valence-electron chi connectivity index (χ2n) is 5.56. The van der Waals surface area contributed by atoms with Gasteiger partial charge in [0.2, 0.25) is 0 Å². The zero-order valence-corrected chi connectivity index (χ0v) is 13.0. The zero-order chi connectivity index (χ0) is 12.8. The Hall–Kier alpha value is 0.270. The van der Waals surface area contributed by atoms with E-state index in [0.717, 1.165) is 23.3 Å². The summed E-state index contributed by atoms with van der Waals surface area (Å²) >= 11 is 2.03. The molecule has 1 rings (SSSR count). The van der Waals surface area contributed by atoms with Gasteiger partial charge >= 0.3 is 0 Å². The Morgan fingerprint density at radius 2 is 1.88 bits per heavy atom. The SMILES string of the molecule is CCC(CC)N(CC(C)C)C1CNCC1SC. The van der Waals surface area contributed by atoms with Gasteiger partial charge in [-0.15, -0.1) is 0 Å². The summed E-state index contributed by atoms with van der Waals surface area (Å²) in [7, 11) is 0. The Morgan fingerprint density at radius 1 is 1.24 bits per heavy atom. The van der Waals surface area contributed by atoms with Gasteiger partial charge in [0.05, 0.1) is 0 Å². The number of thioether (sulfide) groups is 1. The Bertz CT molecular complexity index is 204. The van der Waals surface area contributed by atoms with E-state index in [9.17, 15) is 0 Å². The fraction of sp³-hybridized carbons (Fsp3) is 1.00. The summed E-state index contributed by atoms with van der Waals surface area (Å²) in [6.07, 6.45) is 4.81. The summed E-state index contributed by atoms with van der Waals surface area (Å²) < 4.78 is 0. The van der Waals surface area contributed by atoms with Crippen LogP contribution in [-0.2, 0) is 0 Å². The van der Waals surface area contributed by atoms with Gasteiger partial charge in [0, 0.05) is 37.0 Å². The third-order valence-electron chi connectivity index (χ3n) is 3.84. The predicted octanol–water partition coefficient (Wildman–Crippen LogP) is 2.84. The molecule has 1 fully saturated rings. The van der Waals surface area contributed by atoms with Gasteiger partial charge in [-0.25, -0.2) is 0 Å². The monoisotopic (exact) mass is 258 g/mol. The molecule has 0 aliphatic carbocycles. The van der Waals surface area contributed by atoms with Crippen molar-refractivity contribution in [3.63, 3.8) is 0 Å². The Labute approximate surface area is 112 Å². The molecular formula is C14H30N2S. The Kier molecular flexibility index (Phi) is 6.90. The molecule has 102 valence electrons. The fourth-order valence-corrected chi connectivity index (χ4v) is 3.80. The van der Waals surface area contributed by atoms with Crippen LogP contribution in [0.4, 0.5) is 0 Å². The highest BCUT2D eigenvalue weighted by Crippen LogP contribution is 2.25. The molecule has 0 radical (unpaired) electrons. The molecule has 0 bridgehead atoms. The molecule has 1 aliphatic rings. The smallest absolute Gasteiger partial charge is 0.0354 e. The molecule has 0 aromatic heterocycles. The minimum atomic E-state index is 0.734. The van der Waals surface area contributed by atoms with Crippen LogP contribution >= 0.6 is 11.8 Å². The van der Waals surface area contributed by atoms with Crippen LogP contribution in [0.3, 0.4) is 0 Å². The van der Waals surface area contributed by atoms with Crippen LogP contribution < -0.4 is 5.32 Å². The van der Waals surface area contributed by atoms with Crippen molar-refractivity contribution < 1.29 is 0 Å². The van der Waals surface area contributed by atoms with Crippen LogP contribution in [0, 0.1) is 5.92 Å². The Morgan fingerprint density at radius 3 is 2.35 bits per heavy atom. The summed E-state index contributed by atoms with van der Waals surface area (Å²) in [5, 5.41) is 4.34. The van der Waals surface area contributed by atoms with E-state index >= 15 is 0 Å². The van der Waals surface area contributed by atoms with E-state index < -0.39 is 0 Å². The van der Waals surface area contributed by atoms with Gasteiger partial charge in [-0.2, -0.15) is 11.8 Å². The van der Waals surface area contributed by atoms with Crippen molar-refractivity contribution >= 4 is 11.8 Å². The molecule has 0 amide bonds. The second-order valence-corrected chi connectivity index (χ2v) is 6.64. The zero-order valence-electron chi connectivity index (χ0n) is 12.2. The summed E-state index contributed by atoms with van der Waals surface area (Å²) in [5.41, 5.74) is 0. The van der Waals surface area contributed by atoms with Crippen molar-refractivity contribution in [2.75, 3.05) is 25.9 Å². The van der Waals surface area contributed by atoms with E-state index in [2.05, 4.69) is 44.2 Å². The minimum absolute atomic E-state index is 0.734. The number of nitrogens with zero attached hydrogens (tertiary/aromatic N) is 1. The van der Waals surface area contributed by atoms with Gasteiger partial charge in [0.1, 0.15) is 0 Å². The molecule has 1 N–H and O–H groups in total. The largest absolute Gasteiger partial charge is 0.314 e. The first-order valence-corrected chi connectivity index (χ1v) is 8.42. The summed E-state index contributed by atoms with van der Waals surface area (Å²) in [6.45, 7) is 12.9. The molecule has 0 aromatic rings. The van der Waals surface area contributed by atoms with Gasteiger partial charge in [0.15, 0.2) is 0 Å². The molecule has 0 spiro atoms. The van der Waals surface area contributed by atoms with Crippen LogP contribution in [0.5, 0.6) is 0 Å². The van der Waals surface area contributed by atoms with Crippen LogP contribution in [-0.4, -0.2) is 48.1 Å². The minimum Gasteiger partial charge on any atom is -0.314 e. The number of rotatable bonds is 7. The van der Waals surface area contributed by atoms with Gasteiger partial charge < -0.3 is 5.32 Å². The summed E-state index contributed by atoms with van der Waals surface area (Å²) in [5.74, 6) is 0.763. The molecule has 0 aromatic carbocycles. The Balaban J connectivity index is 2.73. The third-order valence-corrected chi connectivity index (χ3v) is 4.93. The quantitative estimate of drug-likeness (QED) is 0.756. The van der Waals surface area contributed by atoms with E-state index in [1.165, 1.54) is 32.5 Å². The lowest BCUT2D eigenvalue weighted by Crippen LogP contribution is -2.49. The van der Waals surface area contributed by atoms with E-state index in [1.807, 2.05) is 11.8 Å². The number of hydrogen-bond donors (Lipinski definition) is 1. The van der Waals surface area contributed by atoms with Gasteiger partial charge in [-0.3, -0.25) is 4.90 Å². The van der Waals surface area contributed by atoms with Crippen molar-refractivity contribution in [3.05, 3.63) is 0 Å². The van der Waals surface area contributed by atoms with Crippen molar-refractivity contribution in [1.82, 2.24) is 10.2 Å². The standard InChI is InChI=1S/C14H30N2S/c1-6-12(7-2)16(10-11(3)4)13-8-15-9-14(13)17-5/h11-15H,6-10H2,1-5H3. The van der Waals surface area contributed by atoms with Crippen LogP contribution in [0.15, 0.2) is 0 Å². The highest BCUT2D eigenvalue weighted by Gasteiger charge is 2.34. The maximum absolute atomic E-state index is 3.57. The maximum atomic E-state index is 3.57. The van der Waals surface area contributed by atoms with Crippen molar-refractivity contribution in [2.45, 2.75) is 57.9 Å². The fourth-order valence-electron chi connectivity index (χ4n) is 2.95. The van der Waals surface area contributed by atoms with Crippen molar-refractivity contribution in [2.24, 2.45) is 5.92 Å². The average Bonchev–Trinajstić information content (AvgIpc) is 2.76. The molecular weight excluding hydrogens is 228 g/mol. The first kappa shape index (κ1) is 15.3. The first-order valence-electron chi connectivity index (χ1n) is 7.13. The topological polar surface area (TPSA) is 15.3 Å². The molecule has 2 unspecified atom stereocenters. The van der Waals surface area contributed by atoms with Crippen LogP contribution in [0.2, 0.25) is 0 Å². The number of hydrogen-bond acceptors (Lipinski definition) is 3. The first-order chi connectivity index (χ1) is 8.13. The maximum Gasteiger partial charge on any atom is 0.0354 e. The molecule has 17 heavy (non-hydrogen) atoms. The van der Waals surface area contributed by atoms with Gasteiger partial charge in [0.25, 0.3) is 0 Å². The third kappa shape index (κ3) is 4.15. The second kappa shape index (κ2) is 7.65. The summed E-state index contributed by atoms with van der Waals surface area (Å²) in [6, 6.07) is 1.49.